The number of nitrogens with zero attached hydrogens (tertiary/aromatic N) is 1. The van der Waals surface area contributed by atoms with E-state index in [0.29, 0.717) is 6.54 Å². The van der Waals surface area contributed by atoms with Crippen LogP contribution in [0.2, 0.25) is 0 Å². The van der Waals surface area contributed by atoms with E-state index in [1.807, 2.05) is 13.8 Å². The Morgan fingerprint density at radius 1 is 1.24 bits per heavy atom. The van der Waals surface area contributed by atoms with Crippen molar-refractivity contribution in [2.24, 2.45) is 11.8 Å². The molecule has 2 saturated heterocycles. The minimum atomic E-state index is -0.0539. The van der Waals surface area contributed by atoms with Crippen molar-refractivity contribution in [3.05, 3.63) is 0 Å². The van der Waals surface area contributed by atoms with Gasteiger partial charge in [-0.05, 0) is 33.1 Å². The SMILES string of the molecule is CC1(C)OC1CCN1C(=O)C2CCCC2C1=O. The Hall–Kier alpha value is -0.900. The van der Waals surface area contributed by atoms with Gasteiger partial charge in [-0.3, -0.25) is 14.5 Å². The molecule has 0 aromatic rings. The van der Waals surface area contributed by atoms with E-state index in [-0.39, 0.29) is 35.4 Å². The number of carbonyl (C=O) groups excluding carboxylic acids is 2. The van der Waals surface area contributed by atoms with Crippen LogP contribution >= 0.6 is 0 Å². The van der Waals surface area contributed by atoms with Crippen LogP contribution in [-0.4, -0.2) is 35.0 Å². The van der Waals surface area contributed by atoms with Crippen LogP contribution in [0, 0.1) is 11.8 Å². The van der Waals surface area contributed by atoms with Crippen molar-refractivity contribution < 1.29 is 14.3 Å². The van der Waals surface area contributed by atoms with Gasteiger partial charge in [0.15, 0.2) is 0 Å². The van der Waals surface area contributed by atoms with Gasteiger partial charge in [-0.1, -0.05) is 6.42 Å². The van der Waals surface area contributed by atoms with Gasteiger partial charge in [0.2, 0.25) is 11.8 Å². The molecule has 3 fully saturated rings. The van der Waals surface area contributed by atoms with Gasteiger partial charge >= 0.3 is 0 Å². The molecular formula is C13H19NO3. The highest BCUT2D eigenvalue weighted by atomic mass is 16.6. The summed E-state index contributed by atoms with van der Waals surface area (Å²) in [5.74, 6) is 0.123. The fraction of sp³-hybridized carbons (Fsp3) is 0.846. The van der Waals surface area contributed by atoms with Crippen LogP contribution < -0.4 is 0 Å². The van der Waals surface area contributed by atoms with Gasteiger partial charge in [0.25, 0.3) is 0 Å². The predicted molar refractivity (Wildman–Crippen MR) is 61.1 cm³/mol. The lowest BCUT2D eigenvalue weighted by molar-refractivity contribution is -0.140. The molecule has 2 aliphatic heterocycles. The molecule has 0 bridgehead atoms. The number of likely N-dealkylation sites (tertiary alicyclic amines) is 1. The summed E-state index contributed by atoms with van der Waals surface area (Å²) in [5.41, 5.74) is -0.0539. The normalized spacial score (nSPS) is 38.7. The highest BCUT2D eigenvalue weighted by Gasteiger charge is 2.51. The Morgan fingerprint density at radius 2 is 1.76 bits per heavy atom. The first kappa shape index (κ1) is 11.2. The van der Waals surface area contributed by atoms with Crippen LogP contribution in [0.15, 0.2) is 0 Å². The number of hydrogen-bond acceptors (Lipinski definition) is 3. The first-order chi connectivity index (χ1) is 8.00. The zero-order valence-corrected chi connectivity index (χ0v) is 10.4. The Bertz CT molecular complexity index is 355. The molecule has 0 aromatic heterocycles. The quantitative estimate of drug-likeness (QED) is 0.550. The third kappa shape index (κ3) is 1.69. The van der Waals surface area contributed by atoms with E-state index in [4.69, 9.17) is 4.74 Å². The molecule has 94 valence electrons. The summed E-state index contributed by atoms with van der Waals surface area (Å²) < 4.78 is 5.48. The van der Waals surface area contributed by atoms with Gasteiger partial charge in [0.05, 0.1) is 23.5 Å². The summed E-state index contributed by atoms with van der Waals surface area (Å²) >= 11 is 0. The lowest BCUT2D eigenvalue weighted by Gasteiger charge is -2.15. The second kappa shape index (κ2) is 3.55. The molecule has 0 radical (unpaired) electrons. The number of ether oxygens (including phenoxy) is 1. The molecule has 4 nitrogen and oxygen atoms in total. The Kier molecular flexibility index (Phi) is 2.34. The van der Waals surface area contributed by atoms with Crippen molar-refractivity contribution in [2.75, 3.05) is 6.54 Å². The Labute approximate surface area is 101 Å². The molecule has 3 rings (SSSR count). The summed E-state index contributed by atoms with van der Waals surface area (Å²) in [6.07, 6.45) is 3.82. The predicted octanol–water partition coefficient (Wildman–Crippen LogP) is 1.34. The number of fused-ring (bicyclic) bond motifs is 1. The minimum Gasteiger partial charge on any atom is -0.367 e. The number of rotatable bonds is 3. The molecule has 17 heavy (non-hydrogen) atoms. The number of imide groups is 1. The summed E-state index contributed by atoms with van der Waals surface area (Å²) in [6, 6.07) is 0. The molecule has 3 atom stereocenters. The van der Waals surface area contributed by atoms with Crippen LogP contribution in [0.5, 0.6) is 0 Å². The van der Waals surface area contributed by atoms with Gasteiger partial charge in [-0.2, -0.15) is 0 Å². The van der Waals surface area contributed by atoms with E-state index in [9.17, 15) is 9.59 Å². The van der Waals surface area contributed by atoms with Crippen molar-refractivity contribution >= 4 is 11.8 Å². The van der Waals surface area contributed by atoms with Crippen LogP contribution in [0.3, 0.4) is 0 Å². The largest absolute Gasteiger partial charge is 0.367 e. The van der Waals surface area contributed by atoms with Crippen LogP contribution in [-0.2, 0) is 14.3 Å². The van der Waals surface area contributed by atoms with Crippen molar-refractivity contribution in [3.8, 4) is 0 Å². The summed E-state index contributed by atoms with van der Waals surface area (Å²) in [6.45, 7) is 4.62. The molecule has 0 aromatic carbocycles. The third-order valence-electron chi connectivity index (χ3n) is 4.46. The monoisotopic (exact) mass is 237 g/mol. The van der Waals surface area contributed by atoms with Crippen molar-refractivity contribution in [2.45, 2.75) is 51.2 Å². The van der Waals surface area contributed by atoms with E-state index in [1.54, 1.807) is 0 Å². The zero-order valence-electron chi connectivity index (χ0n) is 10.4. The first-order valence-corrected chi connectivity index (χ1v) is 6.54. The molecule has 2 amide bonds. The number of hydrogen-bond donors (Lipinski definition) is 0. The maximum atomic E-state index is 12.1. The molecule has 3 aliphatic rings. The molecule has 1 saturated carbocycles. The molecule has 2 heterocycles. The molecule has 0 spiro atoms. The first-order valence-electron chi connectivity index (χ1n) is 6.54. The fourth-order valence-corrected chi connectivity index (χ4v) is 3.27. The number of epoxide rings is 1. The van der Waals surface area contributed by atoms with E-state index < -0.39 is 0 Å². The second-order valence-corrected chi connectivity index (χ2v) is 5.97. The van der Waals surface area contributed by atoms with Gasteiger partial charge < -0.3 is 4.74 Å². The van der Waals surface area contributed by atoms with E-state index in [1.165, 1.54) is 4.90 Å². The average Bonchev–Trinajstić information content (AvgIpc) is 2.67. The maximum Gasteiger partial charge on any atom is 0.233 e. The van der Waals surface area contributed by atoms with Crippen LogP contribution in [0.1, 0.15) is 39.5 Å². The summed E-state index contributed by atoms with van der Waals surface area (Å²) in [5, 5.41) is 0. The standard InChI is InChI=1S/C13H19NO3/c1-13(2)10(17-13)6-7-14-11(15)8-4-3-5-9(8)12(14)16/h8-10H,3-7H2,1-2H3. The zero-order chi connectivity index (χ0) is 12.2. The second-order valence-electron chi connectivity index (χ2n) is 5.97. The summed E-state index contributed by atoms with van der Waals surface area (Å²) in [7, 11) is 0. The van der Waals surface area contributed by atoms with E-state index >= 15 is 0 Å². The van der Waals surface area contributed by atoms with Crippen LogP contribution in [0.25, 0.3) is 0 Å². The van der Waals surface area contributed by atoms with Crippen molar-refractivity contribution in [1.29, 1.82) is 0 Å². The number of amides is 2. The molecular weight excluding hydrogens is 218 g/mol. The Balaban J connectivity index is 1.61. The van der Waals surface area contributed by atoms with Crippen molar-refractivity contribution in [1.82, 2.24) is 4.90 Å². The molecule has 1 aliphatic carbocycles. The maximum absolute atomic E-state index is 12.1. The smallest absolute Gasteiger partial charge is 0.233 e. The van der Waals surface area contributed by atoms with Crippen LogP contribution in [0.4, 0.5) is 0 Å². The lowest BCUT2D eigenvalue weighted by Crippen LogP contribution is -2.33. The highest BCUT2D eigenvalue weighted by Crippen LogP contribution is 2.41. The molecule has 3 unspecified atom stereocenters. The van der Waals surface area contributed by atoms with Crippen molar-refractivity contribution in [3.63, 3.8) is 0 Å². The Morgan fingerprint density at radius 3 is 2.24 bits per heavy atom. The van der Waals surface area contributed by atoms with E-state index in [2.05, 4.69) is 0 Å². The molecule has 4 heteroatoms. The topological polar surface area (TPSA) is 49.9 Å². The minimum absolute atomic E-state index is 0.00404. The lowest BCUT2D eigenvalue weighted by atomic mass is 10.00. The van der Waals surface area contributed by atoms with Gasteiger partial charge in [-0.15, -0.1) is 0 Å². The molecule has 0 N–H and O–H groups in total. The highest BCUT2D eigenvalue weighted by molar-refractivity contribution is 6.05. The number of carbonyl (C=O) groups is 2. The van der Waals surface area contributed by atoms with Gasteiger partial charge in [-0.25, -0.2) is 0 Å². The van der Waals surface area contributed by atoms with Gasteiger partial charge in [0, 0.05) is 6.54 Å². The summed E-state index contributed by atoms with van der Waals surface area (Å²) in [4.78, 5) is 25.6. The van der Waals surface area contributed by atoms with Gasteiger partial charge in [0.1, 0.15) is 0 Å². The third-order valence-corrected chi connectivity index (χ3v) is 4.46. The average molecular weight is 237 g/mol. The fourth-order valence-electron chi connectivity index (χ4n) is 3.27. The van der Waals surface area contributed by atoms with E-state index in [0.717, 1.165) is 25.7 Å².